The van der Waals surface area contributed by atoms with E-state index in [-0.39, 0.29) is 33.0 Å². The molecular weight excluding hydrogens is 421 g/mol. The average Bonchev–Trinajstić information content (AvgIpc) is 3.07. The molecule has 0 aliphatic carbocycles. The summed E-state index contributed by atoms with van der Waals surface area (Å²) < 4.78 is 70.7. The number of nitriles is 1. The molecular formula is C19H15F3N4O3S. The minimum atomic E-state index is -3.95. The summed E-state index contributed by atoms with van der Waals surface area (Å²) in [4.78, 5) is -0.172. The second-order valence-corrected chi connectivity index (χ2v) is 7.71. The molecule has 0 amide bonds. The summed E-state index contributed by atoms with van der Waals surface area (Å²) in [5.41, 5.74) is -0.228. The molecule has 0 bridgehead atoms. The van der Waals surface area contributed by atoms with Gasteiger partial charge in [-0.25, -0.2) is 31.4 Å². The number of hydrogen-bond donors (Lipinski definition) is 1. The molecule has 2 aromatic carbocycles. The molecule has 0 spiro atoms. The van der Waals surface area contributed by atoms with E-state index in [0.717, 1.165) is 10.7 Å². The van der Waals surface area contributed by atoms with Crippen LogP contribution in [0.4, 0.5) is 13.2 Å². The third-order valence-electron chi connectivity index (χ3n) is 4.32. The molecule has 0 aliphatic heterocycles. The Bertz CT molecular complexity index is 1230. The Morgan fingerprint density at radius 2 is 1.83 bits per heavy atom. The summed E-state index contributed by atoms with van der Waals surface area (Å²) in [6.45, 7) is -0.458. The van der Waals surface area contributed by atoms with E-state index in [2.05, 4.69) is 5.10 Å². The van der Waals surface area contributed by atoms with Gasteiger partial charge in [-0.05, 0) is 29.8 Å². The van der Waals surface area contributed by atoms with Gasteiger partial charge in [0.25, 0.3) is 6.43 Å². The molecule has 0 aliphatic rings. The first kappa shape index (κ1) is 21.4. The fraction of sp³-hybridized carbons (Fsp3) is 0.158. The van der Waals surface area contributed by atoms with Gasteiger partial charge in [0.15, 0.2) is 11.6 Å². The van der Waals surface area contributed by atoms with Crippen LogP contribution in [0.1, 0.15) is 12.1 Å². The molecule has 0 unspecified atom stereocenters. The summed E-state index contributed by atoms with van der Waals surface area (Å²) in [5, 5.41) is 18.2. The van der Waals surface area contributed by atoms with Crippen molar-refractivity contribution in [3.8, 4) is 34.2 Å². The van der Waals surface area contributed by atoms with Crippen LogP contribution in [0.3, 0.4) is 0 Å². The molecule has 156 valence electrons. The van der Waals surface area contributed by atoms with E-state index in [1.165, 1.54) is 43.5 Å². The maximum atomic E-state index is 14.3. The smallest absolute Gasteiger partial charge is 0.280 e. The van der Waals surface area contributed by atoms with Gasteiger partial charge >= 0.3 is 0 Å². The highest BCUT2D eigenvalue weighted by atomic mass is 32.2. The highest BCUT2D eigenvalue weighted by Crippen LogP contribution is 2.40. The first-order chi connectivity index (χ1) is 14.2. The number of methoxy groups -OCH3 is 1. The highest BCUT2D eigenvalue weighted by Gasteiger charge is 2.27. The van der Waals surface area contributed by atoms with Gasteiger partial charge < -0.3 is 4.74 Å². The van der Waals surface area contributed by atoms with E-state index < -0.39 is 34.5 Å². The predicted octanol–water partition coefficient (Wildman–Crippen LogP) is 3.47. The molecule has 1 heterocycles. The number of nitrogens with zero attached hydrogens (tertiary/aromatic N) is 3. The standard InChI is InChI=1S/C19H15F3N4O3S/c1-29-15-7-4-12(10-14(15)20)16-17(25-26(9-8-23)18(16)19(21)22)11-2-5-13(6-3-11)30(24,27)28/h2-7,10,19H,9H2,1H3,(H2,24,27,28). The van der Waals surface area contributed by atoms with E-state index in [9.17, 15) is 21.6 Å². The monoisotopic (exact) mass is 436 g/mol. The predicted molar refractivity (Wildman–Crippen MR) is 102 cm³/mol. The molecule has 3 rings (SSSR count). The molecule has 11 heteroatoms. The lowest BCUT2D eigenvalue weighted by atomic mass is 9.98. The number of rotatable bonds is 6. The first-order valence-electron chi connectivity index (χ1n) is 8.40. The molecule has 2 N–H and O–H groups in total. The first-order valence-corrected chi connectivity index (χ1v) is 9.95. The minimum absolute atomic E-state index is 0.0334. The molecule has 0 atom stereocenters. The van der Waals surface area contributed by atoms with Crippen LogP contribution in [0.15, 0.2) is 47.4 Å². The van der Waals surface area contributed by atoms with Gasteiger partial charge in [0.1, 0.15) is 17.9 Å². The Balaban J connectivity index is 2.28. The van der Waals surface area contributed by atoms with Crippen LogP contribution in [0, 0.1) is 17.1 Å². The van der Waals surface area contributed by atoms with Gasteiger partial charge in [-0.3, -0.25) is 0 Å². The Kier molecular flexibility index (Phi) is 5.82. The van der Waals surface area contributed by atoms with Crippen LogP contribution >= 0.6 is 0 Å². The third-order valence-corrected chi connectivity index (χ3v) is 5.24. The topological polar surface area (TPSA) is 111 Å². The van der Waals surface area contributed by atoms with Crippen molar-refractivity contribution in [2.75, 3.05) is 7.11 Å². The minimum Gasteiger partial charge on any atom is -0.494 e. The number of alkyl halides is 2. The molecule has 30 heavy (non-hydrogen) atoms. The van der Waals surface area contributed by atoms with E-state index in [0.29, 0.717) is 0 Å². The van der Waals surface area contributed by atoms with E-state index in [4.69, 9.17) is 15.1 Å². The molecule has 0 saturated carbocycles. The molecule has 0 radical (unpaired) electrons. The number of benzene rings is 2. The number of halogens is 3. The zero-order valence-electron chi connectivity index (χ0n) is 15.5. The third kappa shape index (κ3) is 4.00. The van der Waals surface area contributed by atoms with Crippen LogP contribution in [0.25, 0.3) is 22.4 Å². The zero-order valence-corrected chi connectivity index (χ0v) is 16.3. The molecule has 3 aromatic rings. The maximum absolute atomic E-state index is 14.3. The van der Waals surface area contributed by atoms with Crippen LogP contribution in [-0.2, 0) is 16.6 Å². The van der Waals surface area contributed by atoms with Crippen molar-refractivity contribution in [2.45, 2.75) is 17.9 Å². The molecule has 7 nitrogen and oxygen atoms in total. The summed E-state index contributed by atoms with van der Waals surface area (Å²) >= 11 is 0. The second-order valence-electron chi connectivity index (χ2n) is 6.14. The van der Waals surface area contributed by atoms with Crippen LogP contribution in [-0.4, -0.2) is 25.3 Å². The van der Waals surface area contributed by atoms with Crippen molar-refractivity contribution in [1.29, 1.82) is 5.26 Å². The van der Waals surface area contributed by atoms with Crippen LogP contribution < -0.4 is 9.88 Å². The van der Waals surface area contributed by atoms with Crippen LogP contribution in [0.2, 0.25) is 0 Å². The summed E-state index contributed by atoms with van der Waals surface area (Å²) in [6.07, 6.45) is -3.01. The maximum Gasteiger partial charge on any atom is 0.280 e. The Morgan fingerprint density at radius 1 is 1.20 bits per heavy atom. The highest BCUT2D eigenvalue weighted by molar-refractivity contribution is 7.89. The number of aromatic nitrogens is 2. The fourth-order valence-electron chi connectivity index (χ4n) is 3.00. The lowest BCUT2D eigenvalue weighted by Gasteiger charge is -2.10. The summed E-state index contributed by atoms with van der Waals surface area (Å²) in [6, 6.07) is 10.6. The zero-order chi connectivity index (χ0) is 22.1. The lowest BCUT2D eigenvalue weighted by Crippen LogP contribution is -2.11. The lowest BCUT2D eigenvalue weighted by molar-refractivity contribution is 0.140. The second kappa shape index (κ2) is 8.17. The van der Waals surface area contributed by atoms with E-state index in [1.54, 1.807) is 6.07 Å². The van der Waals surface area contributed by atoms with Gasteiger partial charge in [0.2, 0.25) is 10.0 Å². The Morgan fingerprint density at radius 3 is 2.33 bits per heavy atom. The number of nitrogens with two attached hydrogens (primary N) is 1. The van der Waals surface area contributed by atoms with Gasteiger partial charge in [-0.15, -0.1) is 0 Å². The molecule has 1 aromatic heterocycles. The van der Waals surface area contributed by atoms with E-state index >= 15 is 0 Å². The quantitative estimate of drug-likeness (QED) is 0.636. The van der Waals surface area contributed by atoms with Crippen molar-refractivity contribution in [3.63, 3.8) is 0 Å². The SMILES string of the molecule is COc1ccc(-c2c(-c3ccc(S(N)(=O)=O)cc3)nn(CC#N)c2C(F)F)cc1F. The van der Waals surface area contributed by atoms with Crippen molar-refractivity contribution >= 4 is 10.0 Å². The van der Waals surface area contributed by atoms with Crippen molar-refractivity contribution < 1.29 is 26.3 Å². The van der Waals surface area contributed by atoms with Crippen molar-refractivity contribution in [1.82, 2.24) is 9.78 Å². The van der Waals surface area contributed by atoms with Crippen molar-refractivity contribution in [2.24, 2.45) is 5.14 Å². The molecule has 0 fully saturated rings. The van der Waals surface area contributed by atoms with Gasteiger partial charge in [0, 0.05) is 11.1 Å². The van der Waals surface area contributed by atoms with Gasteiger partial charge in [-0.1, -0.05) is 18.2 Å². The molecule has 0 saturated heterocycles. The number of ether oxygens (including phenoxy) is 1. The Labute approximate surface area is 170 Å². The summed E-state index contributed by atoms with van der Waals surface area (Å²) in [5.74, 6) is -0.834. The number of primary sulfonamides is 1. The number of sulfonamides is 1. The normalized spacial score (nSPS) is 11.5. The van der Waals surface area contributed by atoms with Crippen molar-refractivity contribution in [3.05, 3.63) is 54.0 Å². The largest absolute Gasteiger partial charge is 0.494 e. The Hall–Kier alpha value is -3.36. The van der Waals surface area contributed by atoms with Gasteiger partial charge in [-0.2, -0.15) is 10.4 Å². The fourth-order valence-corrected chi connectivity index (χ4v) is 3.51. The van der Waals surface area contributed by atoms with E-state index in [1.807, 2.05) is 0 Å². The average molecular weight is 436 g/mol. The summed E-state index contributed by atoms with van der Waals surface area (Å²) in [7, 11) is -2.68. The number of hydrogen-bond acceptors (Lipinski definition) is 5. The van der Waals surface area contributed by atoms with Crippen LogP contribution in [0.5, 0.6) is 5.75 Å². The van der Waals surface area contributed by atoms with Gasteiger partial charge in [0.05, 0.1) is 18.1 Å².